The molecule has 0 saturated carbocycles. The lowest BCUT2D eigenvalue weighted by Crippen LogP contribution is -2.36. The van der Waals surface area contributed by atoms with Crippen molar-refractivity contribution in [1.82, 2.24) is 9.71 Å². The molecule has 0 radical (unpaired) electrons. The van der Waals surface area contributed by atoms with E-state index in [1.807, 2.05) is 0 Å². The van der Waals surface area contributed by atoms with Crippen molar-refractivity contribution in [2.45, 2.75) is 30.0 Å². The van der Waals surface area contributed by atoms with Gasteiger partial charge in [-0.3, -0.25) is 4.98 Å². The molecule has 3 rings (SSSR count). The van der Waals surface area contributed by atoms with Crippen molar-refractivity contribution < 1.29 is 26.3 Å². The van der Waals surface area contributed by atoms with Crippen molar-refractivity contribution in [1.29, 1.82) is 0 Å². The zero-order valence-corrected chi connectivity index (χ0v) is 15.1. The number of hydrogen-bond donors (Lipinski definition) is 1. The summed E-state index contributed by atoms with van der Waals surface area (Å²) < 4.78 is 73.4. The largest absolute Gasteiger partial charge is 0.417 e. The molecule has 0 aliphatic carbocycles. The lowest BCUT2D eigenvalue weighted by atomic mass is 9.88. The number of halogens is 3. The Balaban J connectivity index is 1.98. The number of pyridine rings is 1. The number of alkyl halides is 3. The summed E-state index contributed by atoms with van der Waals surface area (Å²) in [6, 6.07) is 6.87. The third-order valence-electron chi connectivity index (χ3n) is 4.54. The number of nitrogens with one attached hydrogen (secondary N) is 1. The van der Waals surface area contributed by atoms with Crippen LogP contribution in [0.15, 0.2) is 53.7 Å². The smallest absolute Gasteiger partial charge is 0.381 e. The molecule has 2 heterocycles. The van der Waals surface area contributed by atoms with E-state index in [0.29, 0.717) is 31.6 Å². The highest BCUT2D eigenvalue weighted by atomic mass is 32.2. The number of benzene rings is 1. The van der Waals surface area contributed by atoms with E-state index in [9.17, 15) is 21.6 Å². The van der Waals surface area contributed by atoms with Crippen LogP contribution in [0.3, 0.4) is 0 Å². The Kier molecular flexibility index (Phi) is 5.83. The zero-order chi connectivity index (χ0) is 19.5. The van der Waals surface area contributed by atoms with Crippen LogP contribution in [-0.2, 0) is 20.9 Å². The molecule has 1 aromatic heterocycles. The van der Waals surface area contributed by atoms with Crippen molar-refractivity contribution >= 4 is 10.0 Å². The molecule has 5 nitrogen and oxygen atoms in total. The molecule has 2 aromatic rings. The van der Waals surface area contributed by atoms with Crippen molar-refractivity contribution in [3.05, 3.63) is 59.9 Å². The first-order valence-corrected chi connectivity index (χ1v) is 9.93. The van der Waals surface area contributed by atoms with Crippen LogP contribution in [0.2, 0.25) is 0 Å². The van der Waals surface area contributed by atoms with Crippen LogP contribution < -0.4 is 4.72 Å². The molecule has 27 heavy (non-hydrogen) atoms. The summed E-state index contributed by atoms with van der Waals surface area (Å²) in [5.41, 5.74) is -0.577. The molecule has 0 spiro atoms. The average Bonchev–Trinajstić information content (AvgIpc) is 2.67. The predicted octanol–water partition coefficient (Wildman–Crippen LogP) is 3.55. The fraction of sp³-hybridized carbons (Fsp3) is 0.389. The molecular weight excluding hydrogens is 381 g/mol. The van der Waals surface area contributed by atoms with E-state index in [0.717, 1.165) is 12.1 Å². The summed E-state index contributed by atoms with van der Waals surface area (Å²) >= 11 is 0. The highest BCUT2D eigenvalue weighted by Gasteiger charge is 2.38. The molecule has 1 aliphatic heterocycles. The van der Waals surface area contributed by atoms with Gasteiger partial charge in [-0.05, 0) is 42.5 Å². The minimum Gasteiger partial charge on any atom is -0.381 e. The quantitative estimate of drug-likeness (QED) is 0.834. The van der Waals surface area contributed by atoms with Crippen molar-refractivity contribution in [3.8, 4) is 0 Å². The van der Waals surface area contributed by atoms with Crippen LogP contribution in [0.1, 0.15) is 30.0 Å². The number of sulfonamides is 1. The molecule has 1 aliphatic rings. The number of rotatable bonds is 5. The predicted molar refractivity (Wildman–Crippen MR) is 92.3 cm³/mol. The van der Waals surface area contributed by atoms with Gasteiger partial charge in [0, 0.05) is 25.6 Å². The normalized spacial score (nSPS) is 17.6. The maximum Gasteiger partial charge on any atom is 0.417 e. The van der Waals surface area contributed by atoms with Crippen LogP contribution >= 0.6 is 0 Å². The second-order valence-corrected chi connectivity index (χ2v) is 8.01. The van der Waals surface area contributed by atoms with E-state index < -0.39 is 32.7 Å². The number of aromatic nitrogens is 1. The molecular formula is C18H19F3N2O3S. The van der Waals surface area contributed by atoms with Crippen molar-refractivity contribution in [2.75, 3.05) is 13.2 Å². The van der Waals surface area contributed by atoms with Crippen LogP contribution in [0, 0.1) is 5.92 Å². The minimum atomic E-state index is -4.77. The van der Waals surface area contributed by atoms with Gasteiger partial charge in [0.25, 0.3) is 0 Å². The molecule has 9 heteroatoms. The highest BCUT2D eigenvalue weighted by molar-refractivity contribution is 7.89. The second kappa shape index (κ2) is 7.95. The van der Waals surface area contributed by atoms with E-state index in [2.05, 4.69) is 9.71 Å². The fourth-order valence-corrected chi connectivity index (χ4v) is 4.73. The van der Waals surface area contributed by atoms with Gasteiger partial charge in [-0.1, -0.05) is 18.2 Å². The van der Waals surface area contributed by atoms with Gasteiger partial charge >= 0.3 is 6.18 Å². The fourth-order valence-electron chi connectivity index (χ4n) is 3.21. The molecule has 1 atom stereocenters. The first kappa shape index (κ1) is 19.8. The highest BCUT2D eigenvalue weighted by Crippen LogP contribution is 2.36. The Hall–Kier alpha value is -1.97. The van der Waals surface area contributed by atoms with Gasteiger partial charge in [-0.25, -0.2) is 13.1 Å². The summed E-state index contributed by atoms with van der Waals surface area (Å²) in [7, 11) is -4.41. The van der Waals surface area contributed by atoms with Crippen LogP contribution in [0.5, 0.6) is 0 Å². The van der Waals surface area contributed by atoms with Gasteiger partial charge in [-0.2, -0.15) is 13.2 Å². The summed E-state index contributed by atoms with van der Waals surface area (Å²) in [6.07, 6.45) is -0.490. The minimum absolute atomic E-state index is 0.101. The molecule has 0 amide bonds. The van der Waals surface area contributed by atoms with Crippen molar-refractivity contribution in [2.24, 2.45) is 5.92 Å². The number of nitrogens with zero attached hydrogens (tertiary/aromatic N) is 1. The Morgan fingerprint density at radius 3 is 2.44 bits per heavy atom. The van der Waals surface area contributed by atoms with Gasteiger partial charge in [0.15, 0.2) is 0 Å². The van der Waals surface area contributed by atoms with Crippen LogP contribution in [0.25, 0.3) is 0 Å². The Morgan fingerprint density at radius 2 is 1.81 bits per heavy atom. The second-order valence-electron chi connectivity index (χ2n) is 6.33. The molecule has 1 N–H and O–H groups in total. The van der Waals surface area contributed by atoms with E-state index >= 15 is 0 Å². The van der Waals surface area contributed by atoms with Crippen LogP contribution in [0.4, 0.5) is 13.2 Å². The third kappa shape index (κ3) is 4.66. The van der Waals surface area contributed by atoms with E-state index in [-0.39, 0.29) is 5.92 Å². The summed E-state index contributed by atoms with van der Waals surface area (Å²) in [4.78, 5) is 3.23. The van der Waals surface area contributed by atoms with Crippen LogP contribution in [-0.4, -0.2) is 26.6 Å². The van der Waals surface area contributed by atoms with Gasteiger partial charge in [-0.15, -0.1) is 0 Å². The number of ether oxygens (including phenoxy) is 1. The SMILES string of the molecule is O=S(=O)(N[C@@H](c1cccnc1)C1CCOCC1)c1ccccc1C(F)(F)F. The molecule has 1 fully saturated rings. The van der Waals surface area contributed by atoms with E-state index in [1.54, 1.807) is 18.3 Å². The molecule has 1 aromatic carbocycles. The van der Waals surface area contributed by atoms with Gasteiger partial charge < -0.3 is 4.74 Å². The molecule has 0 bridgehead atoms. The zero-order valence-electron chi connectivity index (χ0n) is 14.3. The van der Waals surface area contributed by atoms with Gasteiger partial charge in [0.05, 0.1) is 16.5 Å². The Bertz CT molecular complexity index is 867. The Labute approximate surface area is 155 Å². The van der Waals surface area contributed by atoms with Crippen molar-refractivity contribution in [3.63, 3.8) is 0 Å². The lowest BCUT2D eigenvalue weighted by Gasteiger charge is -2.31. The van der Waals surface area contributed by atoms with Gasteiger partial charge in [0.1, 0.15) is 0 Å². The average molecular weight is 400 g/mol. The number of hydrogen-bond acceptors (Lipinski definition) is 4. The topological polar surface area (TPSA) is 68.3 Å². The summed E-state index contributed by atoms with van der Waals surface area (Å²) in [5.74, 6) is -0.101. The maximum atomic E-state index is 13.3. The summed E-state index contributed by atoms with van der Waals surface area (Å²) in [6.45, 7) is 0.949. The van der Waals surface area contributed by atoms with E-state index in [1.165, 1.54) is 18.3 Å². The Morgan fingerprint density at radius 1 is 1.11 bits per heavy atom. The molecule has 146 valence electrons. The first-order chi connectivity index (χ1) is 12.8. The first-order valence-electron chi connectivity index (χ1n) is 8.45. The van der Waals surface area contributed by atoms with E-state index in [4.69, 9.17) is 4.74 Å². The maximum absolute atomic E-state index is 13.3. The standard InChI is InChI=1S/C18H19F3N2O3S/c19-18(20,21)15-5-1-2-6-16(15)27(24,25)23-17(13-7-10-26-11-8-13)14-4-3-9-22-12-14/h1-6,9,12-13,17,23H,7-8,10-11H2/t17-/m1/s1. The lowest BCUT2D eigenvalue weighted by molar-refractivity contribution is -0.139. The van der Waals surface area contributed by atoms with Gasteiger partial charge in [0.2, 0.25) is 10.0 Å². The molecule has 0 unspecified atom stereocenters. The summed E-state index contributed by atoms with van der Waals surface area (Å²) in [5, 5.41) is 0. The molecule has 1 saturated heterocycles. The third-order valence-corrected chi connectivity index (χ3v) is 6.04. The monoisotopic (exact) mass is 400 g/mol.